The minimum absolute atomic E-state index is 0.0180. The van der Waals surface area contributed by atoms with Crippen molar-refractivity contribution in [2.75, 3.05) is 11.1 Å². The second-order valence-electron chi connectivity index (χ2n) is 8.09. The van der Waals surface area contributed by atoms with Crippen LogP contribution in [0.3, 0.4) is 0 Å². The Hall–Kier alpha value is -4.10. The van der Waals surface area contributed by atoms with Gasteiger partial charge in [-0.3, -0.25) is 19.7 Å². The summed E-state index contributed by atoms with van der Waals surface area (Å²) < 4.78 is 1.74. The monoisotopic (exact) mass is 537 g/mol. The number of nitrogens with one attached hydrogen (secondary N) is 2. The first kappa shape index (κ1) is 26.0. The number of aromatic nitrogens is 4. The first-order valence-corrected chi connectivity index (χ1v) is 13.0. The van der Waals surface area contributed by atoms with Crippen LogP contribution in [0, 0.1) is 17.0 Å². The number of nitro groups is 1. The van der Waals surface area contributed by atoms with Crippen LogP contribution in [0.4, 0.5) is 10.8 Å². The van der Waals surface area contributed by atoms with Gasteiger partial charge in [-0.2, -0.15) is 0 Å². The molecule has 11 nitrogen and oxygen atoms in total. The fourth-order valence-corrected chi connectivity index (χ4v) is 4.93. The van der Waals surface area contributed by atoms with Gasteiger partial charge in [0.25, 0.3) is 11.6 Å². The minimum atomic E-state index is -0.430. The fraction of sp³-hybridized carbons (Fsp3) is 0.208. The number of carbonyl (C=O) groups is 2. The Morgan fingerprint density at radius 2 is 1.95 bits per heavy atom. The molecule has 0 unspecified atom stereocenters. The zero-order valence-corrected chi connectivity index (χ0v) is 21.8. The Morgan fingerprint density at radius 1 is 1.19 bits per heavy atom. The van der Waals surface area contributed by atoms with Crippen molar-refractivity contribution in [1.82, 2.24) is 25.1 Å². The average Bonchev–Trinajstić information content (AvgIpc) is 3.49. The number of rotatable bonds is 9. The highest BCUT2D eigenvalue weighted by molar-refractivity contribution is 7.99. The van der Waals surface area contributed by atoms with Crippen LogP contribution >= 0.6 is 23.1 Å². The minimum Gasteiger partial charge on any atom is -0.342 e. The van der Waals surface area contributed by atoms with Crippen molar-refractivity contribution in [3.8, 4) is 11.3 Å². The standard InChI is InChI=1S/C24H23N7O4S2/c1-14-9-10-17(11-19(14)31(34)35)18-12-36-23(26-18)27-20(32)13-37-24-29-28-21(30(24)3)15(2)25-22(33)16-7-5-4-6-8-16/h4-12,15H,13H2,1-3H3,(H,25,33)(H,26,27,32)/t15-/m1/s1. The van der Waals surface area contributed by atoms with Crippen LogP contribution in [-0.4, -0.2) is 42.2 Å². The smallest absolute Gasteiger partial charge is 0.272 e. The van der Waals surface area contributed by atoms with Crippen molar-refractivity contribution in [3.63, 3.8) is 0 Å². The molecule has 2 heterocycles. The predicted molar refractivity (Wildman–Crippen MR) is 142 cm³/mol. The SMILES string of the molecule is Cc1ccc(-c2csc(NC(=O)CSc3nnc([C@@H](C)NC(=O)c4ccccc4)n3C)n2)cc1[N+](=O)[O-]. The van der Waals surface area contributed by atoms with E-state index in [4.69, 9.17) is 0 Å². The van der Waals surface area contributed by atoms with Gasteiger partial charge in [-0.25, -0.2) is 4.98 Å². The lowest BCUT2D eigenvalue weighted by Gasteiger charge is -2.13. The van der Waals surface area contributed by atoms with Crippen LogP contribution < -0.4 is 10.6 Å². The maximum Gasteiger partial charge on any atom is 0.272 e. The summed E-state index contributed by atoms with van der Waals surface area (Å²) in [6.07, 6.45) is 0. The molecule has 13 heteroatoms. The van der Waals surface area contributed by atoms with Gasteiger partial charge in [-0.15, -0.1) is 21.5 Å². The van der Waals surface area contributed by atoms with Crippen molar-refractivity contribution in [3.05, 3.63) is 81.0 Å². The van der Waals surface area contributed by atoms with E-state index < -0.39 is 4.92 Å². The van der Waals surface area contributed by atoms with Gasteiger partial charge < -0.3 is 15.2 Å². The largest absolute Gasteiger partial charge is 0.342 e. The predicted octanol–water partition coefficient (Wildman–Crippen LogP) is 4.38. The lowest BCUT2D eigenvalue weighted by molar-refractivity contribution is -0.385. The van der Waals surface area contributed by atoms with E-state index in [9.17, 15) is 19.7 Å². The number of anilines is 1. The number of amides is 2. The topological polar surface area (TPSA) is 145 Å². The van der Waals surface area contributed by atoms with Crippen LogP contribution in [0.1, 0.15) is 34.7 Å². The molecule has 0 radical (unpaired) electrons. The third-order valence-corrected chi connectivity index (χ3v) is 7.20. The maximum atomic E-state index is 12.5. The Bertz CT molecular complexity index is 1450. The van der Waals surface area contributed by atoms with E-state index in [1.54, 1.807) is 60.3 Å². The highest BCUT2D eigenvalue weighted by atomic mass is 32.2. The molecule has 0 aliphatic carbocycles. The number of carbonyl (C=O) groups excluding carboxylic acids is 2. The summed E-state index contributed by atoms with van der Waals surface area (Å²) in [4.78, 5) is 40.1. The van der Waals surface area contributed by atoms with Crippen molar-refractivity contribution in [1.29, 1.82) is 0 Å². The summed E-state index contributed by atoms with van der Waals surface area (Å²) in [6.45, 7) is 3.49. The van der Waals surface area contributed by atoms with E-state index in [0.717, 1.165) is 0 Å². The number of aryl methyl sites for hydroxylation is 1. The van der Waals surface area contributed by atoms with Gasteiger partial charge in [0.2, 0.25) is 5.91 Å². The van der Waals surface area contributed by atoms with Crippen LogP contribution in [0.25, 0.3) is 11.3 Å². The lowest BCUT2D eigenvalue weighted by Crippen LogP contribution is -2.28. The highest BCUT2D eigenvalue weighted by Crippen LogP contribution is 2.29. The highest BCUT2D eigenvalue weighted by Gasteiger charge is 2.19. The Morgan fingerprint density at radius 3 is 2.68 bits per heavy atom. The summed E-state index contributed by atoms with van der Waals surface area (Å²) in [6, 6.07) is 13.4. The molecule has 0 bridgehead atoms. The lowest BCUT2D eigenvalue weighted by atomic mass is 10.1. The van der Waals surface area contributed by atoms with Gasteiger partial charge in [0.05, 0.1) is 22.4 Å². The number of nitro benzene ring substituents is 1. The molecular formula is C24H23N7O4S2. The molecule has 2 aromatic heterocycles. The summed E-state index contributed by atoms with van der Waals surface area (Å²) in [7, 11) is 1.77. The van der Waals surface area contributed by atoms with Gasteiger partial charge in [-0.05, 0) is 26.0 Å². The third kappa shape index (κ3) is 6.19. The number of benzene rings is 2. The second-order valence-corrected chi connectivity index (χ2v) is 9.89. The van der Waals surface area contributed by atoms with Crippen molar-refractivity contribution < 1.29 is 14.5 Å². The van der Waals surface area contributed by atoms with Crippen molar-refractivity contribution >= 4 is 45.7 Å². The Kier molecular flexibility index (Phi) is 7.94. The number of nitrogens with zero attached hydrogens (tertiary/aromatic N) is 5. The summed E-state index contributed by atoms with van der Waals surface area (Å²) in [5.74, 6) is 0.134. The molecule has 0 fully saturated rings. The maximum absolute atomic E-state index is 12.5. The van der Waals surface area contributed by atoms with E-state index in [0.29, 0.717) is 38.5 Å². The zero-order chi connectivity index (χ0) is 26.5. The van der Waals surface area contributed by atoms with Gasteiger partial charge in [0.1, 0.15) is 0 Å². The average molecular weight is 538 g/mol. The summed E-state index contributed by atoms with van der Waals surface area (Å²) >= 11 is 2.44. The first-order chi connectivity index (χ1) is 17.7. The fourth-order valence-electron chi connectivity index (χ4n) is 3.48. The molecule has 4 rings (SSSR count). The van der Waals surface area contributed by atoms with Crippen LogP contribution in [0.5, 0.6) is 0 Å². The molecule has 190 valence electrons. The molecule has 0 saturated carbocycles. The molecule has 2 amide bonds. The molecule has 0 saturated heterocycles. The van der Waals surface area contributed by atoms with Gasteiger partial charge in [0.15, 0.2) is 16.1 Å². The molecule has 2 N–H and O–H groups in total. The van der Waals surface area contributed by atoms with E-state index >= 15 is 0 Å². The quantitative estimate of drug-likeness (QED) is 0.182. The molecule has 0 aliphatic heterocycles. The van der Waals surface area contributed by atoms with E-state index in [-0.39, 0.29) is 29.3 Å². The Balaban J connectivity index is 1.33. The Labute approximate surface area is 220 Å². The van der Waals surface area contributed by atoms with E-state index in [2.05, 4.69) is 25.8 Å². The summed E-state index contributed by atoms with van der Waals surface area (Å²) in [5, 5.41) is 27.8. The number of hydrogen-bond acceptors (Lipinski definition) is 9. The number of thiazole rings is 1. The first-order valence-electron chi connectivity index (χ1n) is 11.1. The van der Waals surface area contributed by atoms with Crippen LogP contribution in [-0.2, 0) is 11.8 Å². The second kappa shape index (κ2) is 11.3. The van der Waals surface area contributed by atoms with Gasteiger partial charge in [-0.1, -0.05) is 42.1 Å². The van der Waals surface area contributed by atoms with Crippen molar-refractivity contribution in [2.45, 2.75) is 25.0 Å². The van der Waals surface area contributed by atoms with Crippen LogP contribution in [0.2, 0.25) is 0 Å². The molecule has 0 aliphatic rings. The van der Waals surface area contributed by atoms with Crippen LogP contribution in [0.15, 0.2) is 59.1 Å². The molecule has 2 aromatic carbocycles. The van der Waals surface area contributed by atoms with Gasteiger partial charge in [0, 0.05) is 35.2 Å². The molecule has 4 aromatic rings. The number of hydrogen-bond donors (Lipinski definition) is 2. The zero-order valence-electron chi connectivity index (χ0n) is 20.2. The van der Waals surface area contributed by atoms with Gasteiger partial charge >= 0.3 is 0 Å². The van der Waals surface area contributed by atoms with Crippen molar-refractivity contribution in [2.24, 2.45) is 7.05 Å². The normalized spacial score (nSPS) is 11.6. The van der Waals surface area contributed by atoms with E-state index in [1.165, 1.54) is 29.2 Å². The van der Waals surface area contributed by atoms with E-state index in [1.807, 2.05) is 13.0 Å². The molecule has 1 atom stereocenters. The molecule has 37 heavy (non-hydrogen) atoms. The number of thioether (sulfide) groups is 1. The molecular weight excluding hydrogens is 514 g/mol. The molecule has 0 spiro atoms. The summed E-state index contributed by atoms with van der Waals surface area (Å²) in [5.41, 5.74) is 2.27. The third-order valence-electron chi connectivity index (χ3n) is 5.42.